The minimum Gasteiger partial charge on any atom is -0.382 e. The first kappa shape index (κ1) is 14.7. The molecule has 0 spiro atoms. The van der Waals surface area contributed by atoms with Crippen LogP contribution in [0.1, 0.15) is 18.1 Å². The summed E-state index contributed by atoms with van der Waals surface area (Å²) in [5.41, 5.74) is 3.80. The molecule has 0 saturated carbocycles. The number of nitrogens with one attached hydrogen (secondary N) is 1. The lowest BCUT2D eigenvalue weighted by atomic mass is 10.1. The predicted molar refractivity (Wildman–Crippen MR) is 92.1 cm³/mol. The van der Waals surface area contributed by atoms with E-state index < -0.39 is 0 Å². The quantitative estimate of drug-likeness (QED) is 0.705. The molecule has 2 aromatic rings. The first-order valence-electron chi connectivity index (χ1n) is 6.32. The summed E-state index contributed by atoms with van der Waals surface area (Å²) in [4.78, 5) is 0. The lowest BCUT2D eigenvalue weighted by molar-refractivity contribution is 0.789. The van der Waals surface area contributed by atoms with Crippen LogP contribution in [-0.4, -0.2) is 6.04 Å². The van der Waals surface area contributed by atoms with E-state index in [9.17, 15) is 0 Å². The fourth-order valence-electron chi connectivity index (χ4n) is 2.08. The fraction of sp³-hybridized carbons (Fsp3) is 0.250. The van der Waals surface area contributed by atoms with E-state index >= 15 is 0 Å². The summed E-state index contributed by atoms with van der Waals surface area (Å²) in [7, 11) is 0. The van der Waals surface area contributed by atoms with Gasteiger partial charge in [0.2, 0.25) is 0 Å². The highest BCUT2D eigenvalue weighted by Crippen LogP contribution is 2.19. The highest BCUT2D eigenvalue weighted by atomic mass is 127. The minimum absolute atomic E-state index is 0.389. The van der Waals surface area contributed by atoms with Gasteiger partial charge in [0.1, 0.15) is 0 Å². The summed E-state index contributed by atoms with van der Waals surface area (Å²) in [5.74, 6) is 0. The Morgan fingerprint density at radius 2 is 1.84 bits per heavy atom. The van der Waals surface area contributed by atoms with Gasteiger partial charge in [0, 0.05) is 20.3 Å². The van der Waals surface area contributed by atoms with Gasteiger partial charge in [-0.1, -0.05) is 23.7 Å². The standard InChI is InChI=1S/C16H17ClIN/c1-11-9-15(18)7-8-16(11)19-12(2)10-13-3-5-14(17)6-4-13/h3-9,12,19H,10H2,1-2H3. The lowest BCUT2D eigenvalue weighted by Crippen LogP contribution is -2.18. The Labute approximate surface area is 133 Å². The molecule has 0 saturated heterocycles. The summed E-state index contributed by atoms with van der Waals surface area (Å²) in [6.07, 6.45) is 0.989. The molecule has 100 valence electrons. The van der Waals surface area contributed by atoms with Crippen LogP contribution in [0, 0.1) is 10.5 Å². The van der Waals surface area contributed by atoms with Crippen LogP contribution in [0.2, 0.25) is 5.02 Å². The number of halogens is 2. The van der Waals surface area contributed by atoms with Gasteiger partial charge in [-0.3, -0.25) is 0 Å². The fourth-order valence-corrected chi connectivity index (χ4v) is 2.85. The molecule has 0 heterocycles. The van der Waals surface area contributed by atoms with E-state index in [0.29, 0.717) is 6.04 Å². The minimum atomic E-state index is 0.389. The monoisotopic (exact) mass is 385 g/mol. The molecule has 2 rings (SSSR count). The number of rotatable bonds is 4. The topological polar surface area (TPSA) is 12.0 Å². The molecule has 0 aliphatic rings. The van der Waals surface area contributed by atoms with E-state index in [4.69, 9.17) is 11.6 Å². The molecule has 0 radical (unpaired) electrons. The van der Waals surface area contributed by atoms with Crippen molar-refractivity contribution in [2.45, 2.75) is 26.3 Å². The molecular formula is C16H17ClIN. The third kappa shape index (κ3) is 4.39. The molecule has 0 aromatic heterocycles. The van der Waals surface area contributed by atoms with Crippen LogP contribution in [0.5, 0.6) is 0 Å². The SMILES string of the molecule is Cc1cc(I)ccc1NC(C)Cc1ccc(Cl)cc1. The van der Waals surface area contributed by atoms with Crippen LogP contribution in [-0.2, 0) is 6.42 Å². The summed E-state index contributed by atoms with van der Waals surface area (Å²) < 4.78 is 1.27. The van der Waals surface area contributed by atoms with E-state index in [1.807, 2.05) is 12.1 Å². The van der Waals surface area contributed by atoms with E-state index in [1.54, 1.807) is 0 Å². The van der Waals surface area contributed by atoms with Gasteiger partial charge in [0.25, 0.3) is 0 Å². The zero-order valence-electron chi connectivity index (χ0n) is 11.1. The van der Waals surface area contributed by atoms with Crippen molar-refractivity contribution in [2.75, 3.05) is 5.32 Å². The number of benzene rings is 2. The summed E-state index contributed by atoms with van der Waals surface area (Å²) in [6.45, 7) is 4.34. The molecule has 1 nitrogen and oxygen atoms in total. The Morgan fingerprint density at radius 3 is 2.47 bits per heavy atom. The molecule has 3 heteroatoms. The first-order chi connectivity index (χ1) is 9.04. The van der Waals surface area contributed by atoms with Gasteiger partial charge in [-0.25, -0.2) is 0 Å². The maximum atomic E-state index is 5.90. The summed E-state index contributed by atoms with van der Waals surface area (Å²) >= 11 is 8.23. The Bertz CT molecular complexity index is 551. The molecule has 1 unspecified atom stereocenters. The highest BCUT2D eigenvalue weighted by Gasteiger charge is 2.06. The molecule has 0 bridgehead atoms. The van der Waals surface area contributed by atoms with Crippen molar-refractivity contribution in [3.63, 3.8) is 0 Å². The van der Waals surface area contributed by atoms with Crippen molar-refractivity contribution in [3.8, 4) is 0 Å². The maximum absolute atomic E-state index is 5.90. The van der Waals surface area contributed by atoms with E-state index in [1.165, 1.54) is 20.4 Å². The second kappa shape index (κ2) is 6.62. The normalized spacial score (nSPS) is 12.2. The summed E-state index contributed by atoms with van der Waals surface area (Å²) in [6, 6.07) is 14.9. The highest BCUT2D eigenvalue weighted by molar-refractivity contribution is 14.1. The zero-order valence-corrected chi connectivity index (χ0v) is 14.0. The Hall–Kier alpha value is -0.740. The average molecular weight is 386 g/mol. The van der Waals surface area contributed by atoms with Crippen LogP contribution >= 0.6 is 34.2 Å². The van der Waals surface area contributed by atoms with Gasteiger partial charge in [0.15, 0.2) is 0 Å². The van der Waals surface area contributed by atoms with Gasteiger partial charge < -0.3 is 5.32 Å². The number of hydrogen-bond donors (Lipinski definition) is 1. The molecule has 2 aromatic carbocycles. The molecule has 0 aliphatic heterocycles. The van der Waals surface area contributed by atoms with Crippen LogP contribution in [0.3, 0.4) is 0 Å². The van der Waals surface area contributed by atoms with Gasteiger partial charge in [-0.2, -0.15) is 0 Å². The van der Waals surface area contributed by atoms with Crippen molar-refractivity contribution in [2.24, 2.45) is 0 Å². The molecule has 0 aliphatic carbocycles. The van der Waals surface area contributed by atoms with Crippen molar-refractivity contribution >= 4 is 39.9 Å². The Kier molecular flexibility index (Phi) is 5.11. The van der Waals surface area contributed by atoms with Crippen molar-refractivity contribution in [3.05, 3.63) is 62.2 Å². The zero-order chi connectivity index (χ0) is 13.8. The average Bonchev–Trinajstić information content (AvgIpc) is 2.36. The molecule has 19 heavy (non-hydrogen) atoms. The second-order valence-electron chi connectivity index (χ2n) is 4.84. The van der Waals surface area contributed by atoms with Crippen LogP contribution in [0.25, 0.3) is 0 Å². The van der Waals surface area contributed by atoms with Crippen LogP contribution in [0.15, 0.2) is 42.5 Å². The van der Waals surface area contributed by atoms with E-state index in [-0.39, 0.29) is 0 Å². The predicted octanol–water partition coefficient (Wildman–Crippen LogP) is 5.30. The van der Waals surface area contributed by atoms with Crippen molar-refractivity contribution < 1.29 is 0 Å². The largest absolute Gasteiger partial charge is 0.382 e. The Morgan fingerprint density at radius 1 is 1.16 bits per heavy atom. The lowest BCUT2D eigenvalue weighted by Gasteiger charge is -2.17. The molecule has 0 amide bonds. The van der Waals surface area contributed by atoms with Crippen LogP contribution < -0.4 is 5.32 Å². The summed E-state index contributed by atoms with van der Waals surface area (Å²) in [5, 5.41) is 4.35. The van der Waals surface area contributed by atoms with Gasteiger partial charge in [-0.05, 0) is 84.3 Å². The van der Waals surface area contributed by atoms with Gasteiger partial charge >= 0.3 is 0 Å². The molecule has 1 atom stereocenters. The van der Waals surface area contributed by atoms with E-state index in [2.05, 4.69) is 72.1 Å². The molecular weight excluding hydrogens is 369 g/mol. The molecule has 0 fully saturated rings. The van der Waals surface area contributed by atoms with Gasteiger partial charge in [-0.15, -0.1) is 0 Å². The number of anilines is 1. The third-order valence-electron chi connectivity index (χ3n) is 3.05. The van der Waals surface area contributed by atoms with Crippen molar-refractivity contribution in [1.29, 1.82) is 0 Å². The van der Waals surface area contributed by atoms with E-state index in [0.717, 1.165) is 11.4 Å². The maximum Gasteiger partial charge on any atom is 0.0406 e. The third-order valence-corrected chi connectivity index (χ3v) is 3.97. The van der Waals surface area contributed by atoms with Gasteiger partial charge in [0.05, 0.1) is 0 Å². The number of aryl methyl sites for hydroxylation is 1. The van der Waals surface area contributed by atoms with Crippen LogP contribution in [0.4, 0.5) is 5.69 Å². The molecule has 1 N–H and O–H groups in total. The van der Waals surface area contributed by atoms with Crippen molar-refractivity contribution in [1.82, 2.24) is 0 Å². The first-order valence-corrected chi connectivity index (χ1v) is 7.77. The second-order valence-corrected chi connectivity index (χ2v) is 6.52. The smallest absolute Gasteiger partial charge is 0.0406 e. The Balaban J connectivity index is 2.01. The number of hydrogen-bond acceptors (Lipinski definition) is 1.